The largest absolute Gasteiger partial charge is 0.422 e. The number of esters is 2. The number of ether oxygens (including phenoxy) is 2. The van der Waals surface area contributed by atoms with E-state index in [1.54, 1.807) is 24.3 Å². The van der Waals surface area contributed by atoms with Crippen molar-refractivity contribution in [1.29, 1.82) is 0 Å². The SMILES string of the molecule is CC1(C)OC(=O)C2(C(=O)O1)[C@H](C(=O)c1ccc([N+](=O)[O-])cc1)[C@H]2c1ccc(Br)cc1. The summed E-state index contributed by atoms with van der Waals surface area (Å²) in [7, 11) is 0. The molecule has 0 unspecified atom stereocenters. The van der Waals surface area contributed by atoms with Crippen LogP contribution in [0.1, 0.15) is 35.7 Å². The summed E-state index contributed by atoms with van der Waals surface area (Å²) in [4.78, 5) is 49.5. The van der Waals surface area contributed by atoms with Gasteiger partial charge in [0.2, 0.25) is 0 Å². The molecule has 1 aliphatic carbocycles. The minimum Gasteiger partial charge on any atom is -0.422 e. The molecule has 1 aliphatic heterocycles. The van der Waals surface area contributed by atoms with Crippen LogP contribution >= 0.6 is 15.9 Å². The maximum Gasteiger partial charge on any atom is 0.328 e. The number of carbonyl (C=O) groups is 3. The number of hydrogen-bond donors (Lipinski definition) is 0. The lowest BCUT2D eigenvalue weighted by Crippen LogP contribution is -2.49. The summed E-state index contributed by atoms with van der Waals surface area (Å²) in [5.74, 6) is -5.31. The number of halogens is 1. The maximum absolute atomic E-state index is 13.3. The highest BCUT2D eigenvalue weighted by molar-refractivity contribution is 9.10. The van der Waals surface area contributed by atoms with Gasteiger partial charge in [0, 0.05) is 41.9 Å². The fourth-order valence-corrected chi connectivity index (χ4v) is 4.29. The van der Waals surface area contributed by atoms with Crippen molar-refractivity contribution in [3.8, 4) is 0 Å². The highest BCUT2D eigenvalue weighted by Gasteiger charge is 2.81. The summed E-state index contributed by atoms with van der Waals surface area (Å²) >= 11 is 3.34. The van der Waals surface area contributed by atoms with E-state index in [9.17, 15) is 24.5 Å². The average molecular weight is 474 g/mol. The molecule has 2 aromatic carbocycles. The van der Waals surface area contributed by atoms with Crippen LogP contribution < -0.4 is 0 Å². The Morgan fingerprint density at radius 1 is 1.00 bits per heavy atom. The van der Waals surface area contributed by atoms with Gasteiger partial charge in [-0.15, -0.1) is 0 Å². The summed E-state index contributed by atoms with van der Waals surface area (Å²) in [5, 5.41) is 10.9. The predicted octanol–water partition coefficient (Wildman–Crippen LogP) is 3.78. The third kappa shape index (κ3) is 3.00. The Kier molecular flexibility index (Phi) is 4.54. The first-order valence-electron chi connectivity index (χ1n) is 9.09. The number of nitrogens with zero attached hydrogens (tertiary/aromatic N) is 1. The topological polar surface area (TPSA) is 113 Å². The first-order chi connectivity index (χ1) is 14.1. The Bertz CT molecular complexity index is 1060. The second-order valence-electron chi connectivity index (χ2n) is 7.72. The molecule has 1 spiro atoms. The van der Waals surface area contributed by atoms with E-state index in [0.717, 1.165) is 4.47 Å². The maximum atomic E-state index is 13.3. The monoisotopic (exact) mass is 473 g/mol. The third-order valence-corrected chi connectivity index (χ3v) is 5.96. The van der Waals surface area contributed by atoms with Crippen molar-refractivity contribution < 1.29 is 28.8 Å². The molecule has 154 valence electrons. The van der Waals surface area contributed by atoms with Crippen LogP contribution in [0.4, 0.5) is 5.69 Å². The second-order valence-corrected chi connectivity index (χ2v) is 8.64. The molecular formula is C21H16BrNO7. The Morgan fingerprint density at radius 2 is 1.53 bits per heavy atom. The summed E-state index contributed by atoms with van der Waals surface area (Å²) in [6.45, 7) is 2.89. The number of rotatable bonds is 4. The minimum atomic E-state index is -1.78. The van der Waals surface area contributed by atoms with Gasteiger partial charge in [-0.25, -0.2) is 0 Å². The lowest BCUT2D eigenvalue weighted by molar-refractivity contribution is -0.384. The molecule has 30 heavy (non-hydrogen) atoms. The Morgan fingerprint density at radius 3 is 2.03 bits per heavy atom. The number of nitro benzene ring substituents is 1. The number of Topliss-reactive ketones (excluding diaryl/α,β-unsaturated/α-hetero) is 1. The molecule has 0 radical (unpaired) electrons. The molecule has 2 aliphatic rings. The number of nitro groups is 1. The van der Waals surface area contributed by atoms with Crippen LogP contribution in [0, 0.1) is 21.4 Å². The molecule has 1 saturated carbocycles. The van der Waals surface area contributed by atoms with Crippen LogP contribution in [-0.4, -0.2) is 28.4 Å². The van der Waals surface area contributed by atoms with Gasteiger partial charge in [0.05, 0.1) is 10.8 Å². The average Bonchev–Trinajstić information content (AvgIpc) is 3.37. The lowest BCUT2D eigenvalue weighted by Gasteiger charge is -2.34. The van der Waals surface area contributed by atoms with Crippen molar-refractivity contribution in [2.75, 3.05) is 0 Å². The zero-order chi connectivity index (χ0) is 21.8. The van der Waals surface area contributed by atoms with Gasteiger partial charge in [-0.2, -0.15) is 0 Å². The number of cyclic esters (lactones) is 2. The van der Waals surface area contributed by atoms with Crippen molar-refractivity contribution in [3.63, 3.8) is 0 Å². The van der Waals surface area contributed by atoms with Crippen LogP contribution in [0.5, 0.6) is 0 Å². The quantitative estimate of drug-likeness (QED) is 0.218. The van der Waals surface area contributed by atoms with Crippen LogP contribution in [0.3, 0.4) is 0 Å². The lowest BCUT2D eigenvalue weighted by atomic mass is 9.95. The van der Waals surface area contributed by atoms with E-state index >= 15 is 0 Å². The Labute approximate surface area is 179 Å². The standard InChI is InChI=1S/C21H16BrNO7/c1-20(2)29-18(25)21(19(26)30-20)15(11-3-7-13(22)8-4-11)16(21)17(24)12-5-9-14(10-6-12)23(27)28/h3-10,15-16H,1-2H3/t15-,16+/m1/s1. The number of ketones is 1. The normalized spacial score (nSPS) is 23.4. The van der Waals surface area contributed by atoms with Crippen LogP contribution in [-0.2, 0) is 19.1 Å². The van der Waals surface area contributed by atoms with Crippen molar-refractivity contribution in [2.45, 2.75) is 25.6 Å². The Balaban J connectivity index is 1.76. The van der Waals surface area contributed by atoms with Crippen LogP contribution in [0.15, 0.2) is 53.0 Å². The predicted molar refractivity (Wildman–Crippen MR) is 106 cm³/mol. The van der Waals surface area contributed by atoms with Crippen molar-refractivity contribution in [2.24, 2.45) is 11.3 Å². The molecule has 2 atom stereocenters. The second kappa shape index (κ2) is 6.73. The van der Waals surface area contributed by atoms with Gasteiger partial charge < -0.3 is 9.47 Å². The fourth-order valence-electron chi connectivity index (χ4n) is 4.03. The molecule has 0 aromatic heterocycles. The first kappa shape index (κ1) is 20.2. The zero-order valence-electron chi connectivity index (χ0n) is 16.0. The number of benzene rings is 2. The van der Waals surface area contributed by atoms with Gasteiger partial charge in [0.15, 0.2) is 11.2 Å². The van der Waals surface area contributed by atoms with Crippen molar-refractivity contribution >= 4 is 39.3 Å². The van der Waals surface area contributed by atoms with Gasteiger partial charge in [-0.05, 0) is 29.8 Å². The Hall–Kier alpha value is -3.07. The number of non-ortho nitro benzene ring substituents is 1. The van der Waals surface area contributed by atoms with Gasteiger partial charge in [0.25, 0.3) is 11.5 Å². The fraction of sp³-hybridized carbons (Fsp3) is 0.286. The summed E-state index contributed by atoms with van der Waals surface area (Å²) in [5.41, 5.74) is -1.16. The zero-order valence-corrected chi connectivity index (χ0v) is 17.5. The smallest absolute Gasteiger partial charge is 0.328 e. The van der Waals surface area contributed by atoms with E-state index in [0.29, 0.717) is 5.56 Å². The molecule has 0 amide bonds. The van der Waals surface area contributed by atoms with Gasteiger partial charge in [0.1, 0.15) is 0 Å². The number of carbonyl (C=O) groups excluding carboxylic acids is 3. The van der Waals surface area contributed by atoms with Crippen LogP contribution in [0.2, 0.25) is 0 Å². The van der Waals surface area contributed by atoms with E-state index in [4.69, 9.17) is 9.47 Å². The number of hydrogen-bond acceptors (Lipinski definition) is 7. The van der Waals surface area contributed by atoms with E-state index in [-0.39, 0.29) is 11.3 Å². The molecule has 0 N–H and O–H groups in total. The van der Waals surface area contributed by atoms with E-state index in [2.05, 4.69) is 15.9 Å². The molecule has 8 nitrogen and oxygen atoms in total. The van der Waals surface area contributed by atoms with E-state index in [1.165, 1.54) is 38.1 Å². The highest BCUT2D eigenvalue weighted by atomic mass is 79.9. The third-order valence-electron chi connectivity index (χ3n) is 5.43. The molecular weight excluding hydrogens is 458 g/mol. The molecule has 4 rings (SSSR count). The van der Waals surface area contributed by atoms with Crippen molar-refractivity contribution in [1.82, 2.24) is 0 Å². The van der Waals surface area contributed by atoms with E-state index < -0.39 is 45.7 Å². The van der Waals surface area contributed by atoms with Crippen molar-refractivity contribution in [3.05, 3.63) is 74.2 Å². The van der Waals surface area contributed by atoms with Gasteiger partial charge in [-0.3, -0.25) is 24.5 Å². The minimum absolute atomic E-state index is 0.162. The van der Waals surface area contributed by atoms with E-state index in [1.807, 2.05) is 0 Å². The highest BCUT2D eigenvalue weighted by Crippen LogP contribution is 2.68. The first-order valence-corrected chi connectivity index (χ1v) is 9.88. The summed E-state index contributed by atoms with van der Waals surface area (Å²) in [6, 6.07) is 12.0. The molecule has 0 bridgehead atoms. The summed E-state index contributed by atoms with van der Waals surface area (Å²) in [6.07, 6.45) is 0. The molecule has 1 saturated heterocycles. The molecule has 9 heteroatoms. The van der Waals surface area contributed by atoms with Gasteiger partial charge in [-0.1, -0.05) is 28.1 Å². The van der Waals surface area contributed by atoms with Gasteiger partial charge >= 0.3 is 11.9 Å². The molecule has 2 aromatic rings. The molecule has 1 heterocycles. The van der Waals surface area contributed by atoms with Crippen LogP contribution in [0.25, 0.3) is 0 Å². The summed E-state index contributed by atoms with van der Waals surface area (Å²) < 4.78 is 11.5. The molecule has 2 fully saturated rings.